The zero-order valence-corrected chi connectivity index (χ0v) is 15.8. The van der Waals surface area contributed by atoms with Gasteiger partial charge in [-0.05, 0) is 49.2 Å². The van der Waals surface area contributed by atoms with Crippen molar-refractivity contribution < 1.29 is 14.0 Å². The molecule has 2 atom stereocenters. The molecular weight excluding hydrogens is 354 g/mol. The number of carbonyl (C=O) groups excluding carboxylic acids is 2. The van der Waals surface area contributed by atoms with E-state index in [2.05, 4.69) is 4.98 Å². The number of para-hydroxylation sites is 1. The summed E-state index contributed by atoms with van der Waals surface area (Å²) >= 11 is 0. The smallest absolute Gasteiger partial charge is 0.294 e. The van der Waals surface area contributed by atoms with Gasteiger partial charge in [0.2, 0.25) is 5.91 Å². The quantitative estimate of drug-likeness (QED) is 0.688. The average molecular weight is 375 g/mol. The molecular formula is C22H21N3O3. The normalized spacial score (nSPS) is 18.4. The first-order valence-corrected chi connectivity index (χ1v) is 9.23. The number of amides is 2. The number of aromatic nitrogens is 1. The first kappa shape index (κ1) is 18.0. The summed E-state index contributed by atoms with van der Waals surface area (Å²) in [4.78, 5) is 33.3. The fourth-order valence-electron chi connectivity index (χ4n) is 3.93. The lowest BCUT2D eigenvalue weighted by atomic mass is 9.90. The van der Waals surface area contributed by atoms with Crippen molar-refractivity contribution in [3.05, 3.63) is 78.5 Å². The van der Waals surface area contributed by atoms with E-state index in [1.54, 1.807) is 41.2 Å². The van der Waals surface area contributed by atoms with Gasteiger partial charge in [-0.15, -0.1) is 0 Å². The Bertz CT molecular complexity index is 985. The van der Waals surface area contributed by atoms with Crippen molar-refractivity contribution in [2.45, 2.75) is 32.4 Å². The molecule has 0 saturated carbocycles. The first-order valence-electron chi connectivity index (χ1n) is 9.23. The van der Waals surface area contributed by atoms with Gasteiger partial charge in [0, 0.05) is 24.8 Å². The highest BCUT2D eigenvalue weighted by atomic mass is 16.3. The molecule has 0 spiro atoms. The molecule has 0 N–H and O–H groups in total. The highest BCUT2D eigenvalue weighted by molar-refractivity contribution is 6.05. The third-order valence-electron chi connectivity index (χ3n) is 5.09. The van der Waals surface area contributed by atoms with Gasteiger partial charge in [0.15, 0.2) is 5.76 Å². The summed E-state index contributed by atoms with van der Waals surface area (Å²) in [5.74, 6) is 0.0563. The Morgan fingerprint density at radius 2 is 1.96 bits per heavy atom. The average Bonchev–Trinajstić information content (AvgIpc) is 3.23. The van der Waals surface area contributed by atoms with E-state index in [0.29, 0.717) is 12.2 Å². The highest BCUT2D eigenvalue weighted by Crippen LogP contribution is 2.42. The van der Waals surface area contributed by atoms with Gasteiger partial charge in [-0.2, -0.15) is 0 Å². The molecule has 3 aromatic rings. The van der Waals surface area contributed by atoms with Crippen LogP contribution >= 0.6 is 0 Å². The van der Waals surface area contributed by atoms with Crippen molar-refractivity contribution >= 4 is 23.2 Å². The number of rotatable bonds is 3. The van der Waals surface area contributed by atoms with Gasteiger partial charge in [0.25, 0.3) is 5.91 Å². The molecule has 1 aromatic carbocycles. The van der Waals surface area contributed by atoms with Crippen molar-refractivity contribution in [1.82, 2.24) is 4.98 Å². The highest BCUT2D eigenvalue weighted by Gasteiger charge is 2.38. The van der Waals surface area contributed by atoms with Gasteiger partial charge in [0.1, 0.15) is 0 Å². The maximum absolute atomic E-state index is 13.1. The van der Waals surface area contributed by atoms with E-state index in [0.717, 1.165) is 16.9 Å². The van der Waals surface area contributed by atoms with Crippen LogP contribution < -0.4 is 9.80 Å². The van der Waals surface area contributed by atoms with E-state index in [-0.39, 0.29) is 23.9 Å². The van der Waals surface area contributed by atoms with Gasteiger partial charge >= 0.3 is 0 Å². The van der Waals surface area contributed by atoms with Crippen molar-refractivity contribution in [2.75, 3.05) is 9.80 Å². The summed E-state index contributed by atoms with van der Waals surface area (Å²) in [5.41, 5.74) is 2.47. The SMILES string of the molecule is CC(=O)N(c1cccnc1)C1CC(C)N(C(=O)c2ccco2)c2ccccc21. The van der Waals surface area contributed by atoms with Crippen LogP contribution in [0.3, 0.4) is 0 Å². The second kappa shape index (κ2) is 7.31. The summed E-state index contributed by atoms with van der Waals surface area (Å²) in [6.45, 7) is 3.55. The Morgan fingerprint density at radius 3 is 2.64 bits per heavy atom. The first-order chi connectivity index (χ1) is 13.6. The van der Waals surface area contributed by atoms with Crippen LogP contribution in [0.2, 0.25) is 0 Å². The van der Waals surface area contributed by atoms with E-state index >= 15 is 0 Å². The number of fused-ring (bicyclic) bond motifs is 1. The van der Waals surface area contributed by atoms with Crippen LogP contribution in [0.15, 0.2) is 71.6 Å². The largest absolute Gasteiger partial charge is 0.459 e. The summed E-state index contributed by atoms with van der Waals surface area (Å²) < 4.78 is 5.33. The molecule has 2 amide bonds. The molecule has 28 heavy (non-hydrogen) atoms. The number of furan rings is 1. The number of benzene rings is 1. The van der Waals surface area contributed by atoms with Crippen LogP contribution in [0.1, 0.15) is 42.4 Å². The molecule has 4 rings (SSSR count). The van der Waals surface area contributed by atoms with Crippen molar-refractivity contribution in [1.29, 1.82) is 0 Å². The number of carbonyl (C=O) groups is 2. The Hall–Kier alpha value is -3.41. The third kappa shape index (κ3) is 3.07. The maximum Gasteiger partial charge on any atom is 0.294 e. The topological polar surface area (TPSA) is 66.7 Å². The van der Waals surface area contributed by atoms with E-state index in [1.165, 1.54) is 6.26 Å². The lowest BCUT2D eigenvalue weighted by Gasteiger charge is -2.43. The lowest BCUT2D eigenvalue weighted by molar-refractivity contribution is -0.117. The van der Waals surface area contributed by atoms with E-state index in [1.807, 2.05) is 43.3 Å². The Kier molecular flexibility index (Phi) is 4.69. The van der Waals surface area contributed by atoms with E-state index in [9.17, 15) is 9.59 Å². The molecule has 1 aliphatic rings. The number of pyridine rings is 1. The van der Waals surface area contributed by atoms with Crippen LogP contribution in [0.5, 0.6) is 0 Å². The van der Waals surface area contributed by atoms with E-state index in [4.69, 9.17) is 4.42 Å². The van der Waals surface area contributed by atoms with Gasteiger partial charge in [-0.1, -0.05) is 18.2 Å². The minimum absolute atomic E-state index is 0.0641. The van der Waals surface area contributed by atoms with Crippen molar-refractivity contribution in [2.24, 2.45) is 0 Å². The summed E-state index contributed by atoms with van der Waals surface area (Å²) in [6.07, 6.45) is 5.48. The molecule has 142 valence electrons. The van der Waals surface area contributed by atoms with Crippen LogP contribution in [0.4, 0.5) is 11.4 Å². The standard InChI is InChI=1S/C22H21N3O3/c1-15-13-20(25(16(2)26)17-7-5-11-23-14-17)18-8-3-4-9-19(18)24(15)22(27)21-10-6-12-28-21/h3-12,14-15,20H,13H2,1-2H3. The van der Waals surface area contributed by atoms with Crippen LogP contribution in [0, 0.1) is 0 Å². The fraction of sp³-hybridized carbons (Fsp3) is 0.227. The van der Waals surface area contributed by atoms with Gasteiger partial charge in [0.05, 0.1) is 24.2 Å². The summed E-state index contributed by atoms with van der Waals surface area (Å²) in [6, 6.07) is 14.5. The Morgan fingerprint density at radius 1 is 1.14 bits per heavy atom. The molecule has 3 heterocycles. The zero-order valence-electron chi connectivity index (χ0n) is 15.8. The van der Waals surface area contributed by atoms with Crippen LogP contribution in [-0.4, -0.2) is 22.8 Å². The molecule has 0 fully saturated rings. The molecule has 0 aliphatic carbocycles. The summed E-state index contributed by atoms with van der Waals surface area (Å²) in [5, 5.41) is 0. The molecule has 0 bridgehead atoms. The van der Waals surface area contributed by atoms with Crippen molar-refractivity contribution in [3.8, 4) is 0 Å². The predicted molar refractivity (Wildman–Crippen MR) is 106 cm³/mol. The predicted octanol–water partition coefficient (Wildman–Crippen LogP) is 4.21. The fourth-order valence-corrected chi connectivity index (χ4v) is 3.93. The minimum Gasteiger partial charge on any atom is -0.459 e. The lowest BCUT2D eigenvalue weighted by Crippen LogP contribution is -2.47. The number of hydrogen-bond acceptors (Lipinski definition) is 4. The molecule has 6 heteroatoms. The molecule has 0 radical (unpaired) electrons. The Labute approximate surface area is 163 Å². The minimum atomic E-state index is -0.187. The number of anilines is 2. The molecule has 2 aromatic heterocycles. The zero-order chi connectivity index (χ0) is 19.7. The number of nitrogens with zero attached hydrogens (tertiary/aromatic N) is 3. The second-order valence-electron chi connectivity index (χ2n) is 6.91. The second-order valence-corrected chi connectivity index (χ2v) is 6.91. The van der Waals surface area contributed by atoms with Crippen LogP contribution in [0.25, 0.3) is 0 Å². The monoisotopic (exact) mass is 375 g/mol. The summed E-state index contributed by atoms with van der Waals surface area (Å²) in [7, 11) is 0. The van der Waals surface area contributed by atoms with Crippen LogP contribution in [-0.2, 0) is 4.79 Å². The van der Waals surface area contributed by atoms with Crippen molar-refractivity contribution in [3.63, 3.8) is 0 Å². The maximum atomic E-state index is 13.1. The van der Waals surface area contributed by atoms with Gasteiger partial charge in [-0.3, -0.25) is 14.6 Å². The van der Waals surface area contributed by atoms with Gasteiger partial charge in [-0.25, -0.2) is 0 Å². The third-order valence-corrected chi connectivity index (χ3v) is 5.09. The number of hydrogen-bond donors (Lipinski definition) is 0. The Balaban J connectivity index is 1.79. The van der Waals surface area contributed by atoms with Gasteiger partial charge < -0.3 is 14.2 Å². The molecule has 6 nitrogen and oxygen atoms in total. The van der Waals surface area contributed by atoms with E-state index < -0.39 is 0 Å². The molecule has 1 aliphatic heterocycles. The molecule has 2 unspecified atom stereocenters. The molecule has 0 saturated heterocycles.